The molecule has 4 nitrogen and oxygen atoms in total. The van der Waals surface area contributed by atoms with E-state index in [-0.39, 0.29) is 12.0 Å². The van der Waals surface area contributed by atoms with E-state index in [9.17, 15) is 5.11 Å². The molecule has 1 aromatic heterocycles. The lowest BCUT2D eigenvalue weighted by Gasteiger charge is -2.13. The summed E-state index contributed by atoms with van der Waals surface area (Å²) >= 11 is 6.06. The highest BCUT2D eigenvalue weighted by Gasteiger charge is 2.11. The highest BCUT2D eigenvalue weighted by molar-refractivity contribution is 6.30. The first kappa shape index (κ1) is 14.2. The number of nitrogens with one attached hydrogen (secondary N) is 1. The molecule has 0 aliphatic heterocycles. The van der Waals surface area contributed by atoms with Gasteiger partial charge in [0.25, 0.3) is 0 Å². The third kappa shape index (κ3) is 4.13. The first-order chi connectivity index (χ1) is 7.91. The zero-order valence-corrected chi connectivity index (χ0v) is 11.5. The summed E-state index contributed by atoms with van der Waals surface area (Å²) in [6.45, 7) is 8.38. The van der Waals surface area contributed by atoms with Gasteiger partial charge in [-0.25, -0.2) is 9.97 Å². The van der Waals surface area contributed by atoms with Crippen LogP contribution < -0.4 is 5.32 Å². The molecule has 5 heteroatoms. The van der Waals surface area contributed by atoms with Gasteiger partial charge in [0.05, 0.1) is 6.10 Å². The minimum absolute atomic E-state index is 0.241. The minimum atomic E-state index is -0.315. The van der Waals surface area contributed by atoms with Crippen LogP contribution in [0.5, 0.6) is 0 Å². The Balaban J connectivity index is 2.82. The molecule has 0 aliphatic carbocycles. The molecule has 1 rings (SSSR count). The van der Waals surface area contributed by atoms with Crippen LogP contribution in [0.25, 0.3) is 0 Å². The van der Waals surface area contributed by atoms with Crippen molar-refractivity contribution in [2.45, 2.75) is 46.1 Å². The molecule has 1 heterocycles. The molecule has 0 aliphatic rings. The van der Waals surface area contributed by atoms with Crippen LogP contribution in [0.4, 0.5) is 5.82 Å². The third-order valence-corrected chi connectivity index (χ3v) is 2.84. The van der Waals surface area contributed by atoms with Crippen molar-refractivity contribution in [1.82, 2.24) is 9.97 Å². The molecule has 0 saturated carbocycles. The van der Waals surface area contributed by atoms with E-state index in [0.29, 0.717) is 18.1 Å². The van der Waals surface area contributed by atoms with Crippen LogP contribution in [0.3, 0.4) is 0 Å². The highest BCUT2D eigenvalue weighted by atomic mass is 35.5. The van der Waals surface area contributed by atoms with Gasteiger partial charge in [-0.05, 0) is 20.3 Å². The lowest BCUT2D eigenvalue weighted by molar-refractivity contribution is 0.188. The van der Waals surface area contributed by atoms with Crippen molar-refractivity contribution in [1.29, 1.82) is 0 Å². The number of aliphatic hydroxyl groups is 1. The summed E-state index contributed by atoms with van der Waals surface area (Å²) < 4.78 is 0. The fraction of sp³-hybridized carbons (Fsp3) is 0.667. The van der Waals surface area contributed by atoms with Crippen molar-refractivity contribution in [3.63, 3.8) is 0 Å². The smallest absolute Gasteiger partial charge is 0.137 e. The molecular weight excluding hydrogens is 238 g/mol. The average molecular weight is 258 g/mol. The molecule has 1 aromatic rings. The Kier molecular flexibility index (Phi) is 5.15. The predicted molar refractivity (Wildman–Crippen MR) is 70.7 cm³/mol. The van der Waals surface area contributed by atoms with Gasteiger partial charge in [-0.1, -0.05) is 25.4 Å². The van der Waals surface area contributed by atoms with E-state index >= 15 is 0 Å². The van der Waals surface area contributed by atoms with E-state index in [1.54, 1.807) is 6.92 Å². The quantitative estimate of drug-likeness (QED) is 0.797. The van der Waals surface area contributed by atoms with Crippen molar-refractivity contribution in [3.05, 3.63) is 16.5 Å². The number of aromatic nitrogens is 2. The van der Waals surface area contributed by atoms with Gasteiger partial charge in [0.1, 0.15) is 16.8 Å². The molecule has 0 fully saturated rings. The SMILES string of the molecule is Cc1c(Cl)nc(C(C)C)nc1NCCC(C)O. The Labute approximate surface area is 107 Å². The normalized spacial score (nSPS) is 12.9. The Bertz CT molecular complexity index is 380. The van der Waals surface area contributed by atoms with Gasteiger partial charge in [-0.3, -0.25) is 0 Å². The number of hydrogen-bond donors (Lipinski definition) is 2. The molecule has 0 radical (unpaired) electrons. The second-order valence-electron chi connectivity index (χ2n) is 4.57. The summed E-state index contributed by atoms with van der Waals surface area (Å²) in [7, 11) is 0. The number of halogens is 1. The molecule has 2 N–H and O–H groups in total. The number of aliphatic hydroxyl groups excluding tert-OH is 1. The van der Waals surface area contributed by atoms with Crippen LogP contribution in [0.15, 0.2) is 0 Å². The largest absolute Gasteiger partial charge is 0.393 e. The van der Waals surface area contributed by atoms with Gasteiger partial charge in [-0.2, -0.15) is 0 Å². The molecule has 17 heavy (non-hydrogen) atoms. The van der Waals surface area contributed by atoms with Gasteiger partial charge in [-0.15, -0.1) is 0 Å². The average Bonchev–Trinajstić information content (AvgIpc) is 2.23. The Morgan fingerprint density at radius 2 is 1.94 bits per heavy atom. The van der Waals surface area contributed by atoms with Gasteiger partial charge < -0.3 is 10.4 Å². The fourth-order valence-corrected chi connectivity index (χ4v) is 1.51. The summed E-state index contributed by atoms with van der Waals surface area (Å²) in [6.07, 6.45) is 0.364. The van der Waals surface area contributed by atoms with Crippen molar-refractivity contribution < 1.29 is 5.11 Å². The molecule has 0 bridgehead atoms. The van der Waals surface area contributed by atoms with E-state index in [4.69, 9.17) is 11.6 Å². The van der Waals surface area contributed by atoms with Crippen molar-refractivity contribution in [2.75, 3.05) is 11.9 Å². The van der Waals surface area contributed by atoms with Gasteiger partial charge in [0, 0.05) is 18.0 Å². The summed E-state index contributed by atoms with van der Waals surface area (Å²) in [5, 5.41) is 12.9. The summed E-state index contributed by atoms with van der Waals surface area (Å²) in [6, 6.07) is 0. The second-order valence-corrected chi connectivity index (χ2v) is 4.92. The topological polar surface area (TPSA) is 58.0 Å². The lowest BCUT2D eigenvalue weighted by Crippen LogP contribution is -2.13. The summed E-state index contributed by atoms with van der Waals surface area (Å²) in [5.41, 5.74) is 0.849. The first-order valence-corrected chi connectivity index (χ1v) is 6.25. The maximum atomic E-state index is 9.20. The highest BCUT2D eigenvalue weighted by Crippen LogP contribution is 2.22. The second kappa shape index (κ2) is 6.17. The van der Waals surface area contributed by atoms with Crippen molar-refractivity contribution in [3.8, 4) is 0 Å². The number of anilines is 1. The fourth-order valence-electron chi connectivity index (χ4n) is 1.34. The monoisotopic (exact) mass is 257 g/mol. The van der Waals surface area contributed by atoms with Crippen molar-refractivity contribution >= 4 is 17.4 Å². The van der Waals surface area contributed by atoms with Crippen LogP contribution in [0.2, 0.25) is 5.15 Å². The van der Waals surface area contributed by atoms with E-state index in [1.807, 2.05) is 20.8 Å². The van der Waals surface area contributed by atoms with Crippen LogP contribution in [-0.2, 0) is 0 Å². The molecule has 96 valence electrons. The predicted octanol–water partition coefficient (Wildman–Crippen LogP) is 2.74. The van der Waals surface area contributed by atoms with E-state index in [0.717, 1.165) is 17.2 Å². The molecule has 0 spiro atoms. The molecule has 1 atom stereocenters. The number of rotatable bonds is 5. The van der Waals surface area contributed by atoms with Gasteiger partial charge >= 0.3 is 0 Å². The first-order valence-electron chi connectivity index (χ1n) is 5.87. The number of nitrogens with zero attached hydrogens (tertiary/aromatic N) is 2. The molecule has 0 saturated heterocycles. The van der Waals surface area contributed by atoms with Crippen molar-refractivity contribution in [2.24, 2.45) is 0 Å². The van der Waals surface area contributed by atoms with Gasteiger partial charge in [0.2, 0.25) is 0 Å². The molecule has 1 unspecified atom stereocenters. The van der Waals surface area contributed by atoms with Crippen LogP contribution in [-0.4, -0.2) is 27.7 Å². The minimum Gasteiger partial charge on any atom is -0.393 e. The van der Waals surface area contributed by atoms with Crippen LogP contribution >= 0.6 is 11.6 Å². The summed E-state index contributed by atoms with van der Waals surface area (Å²) in [5.74, 6) is 1.74. The summed E-state index contributed by atoms with van der Waals surface area (Å²) in [4.78, 5) is 8.68. The number of hydrogen-bond acceptors (Lipinski definition) is 4. The van der Waals surface area contributed by atoms with Crippen LogP contribution in [0.1, 0.15) is 44.5 Å². The molecular formula is C12H20ClN3O. The lowest BCUT2D eigenvalue weighted by atomic mass is 10.2. The Morgan fingerprint density at radius 1 is 1.29 bits per heavy atom. The standard InChI is InChI=1S/C12H20ClN3O/c1-7(2)11-15-10(13)9(4)12(16-11)14-6-5-8(3)17/h7-8,17H,5-6H2,1-4H3,(H,14,15,16). The molecule has 0 aromatic carbocycles. The van der Waals surface area contributed by atoms with E-state index in [1.165, 1.54) is 0 Å². The third-order valence-electron chi connectivity index (χ3n) is 2.47. The maximum absolute atomic E-state index is 9.20. The van der Waals surface area contributed by atoms with E-state index < -0.39 is 0 Å². The maximum Gasteiger partial charge on any atom is 0.137 e. The zero-order valence-electron chi connectivity index (χ0n) is 10.8. The Hall–Kier alpha value is -0.870. The van der Waals surface area contributed by atoms with Gasteiger partial charge in [0.15, 0.2) is 0 Å². The zero-order chi connectivity index (χ0) is 13.0. The van der Waals surface area contributed by atoms with Crippen LogP contribution in [0, 0.1) is 6.92 Å². The van der Waals surface area contributed by atoms with E-state index in [2.05, 4.69) is 15.3 Å². The molecule has 0 amide bonds. The Morgan fingerprint density at radius 3 is 2.47 bits per heavy atom.